The molecule has 1 aliphatic carbocycles. The fraction of sp³-hybridized carbons (Fsp3) is 0.500. The van der Waals surface area contributed by atoms with Crippen LogP contribution in [-0.2, 0) is 4.43 Å². The summed E-state index contributed by atoms with van der Waals surface area (Å²) < 4.78 is 8.90. The Morgan fingerprint density at radius 3 is 2.56 bits per heavy atom. The summed E-state index contributed by atoms with van der Waals surface area (Å²) in [6.07, 6.45) is 4.33. The average Bonchev–Trinajstić information content (AvgIpc) is 3.35. The van der Waals surface area contributed by atoms with Gasteiger partial charge in [-0.3, -0.25) is 4.79 Å². The largest absolute Gasteiger partial charge is 0.409 e. The lowest BCUT2D eigenvalue weighted by Crippen LogP contribution is -2.48. The molecule has 0 saturated heterocycles. The molecule has 2 aromatic heterocycles. The van der Waals surface area contributed by atoms with Gasteiger partial charge in [-0.15, -0.1) is 0 Å². The molecule has 0 bridgehead atoms. The van der Waals surface area contributed by atoms with Crippen LogP contribution in [0.15, 0.2) is 48.9 Å². The molecule has 1 aliphatic rings. The van der Waals surface area contributed by atoms with E-state index < -0.39 is 14.4 Å². The Bertz CT molecular complexity index is 1160. The first-order valence-corrected chi connectivity index (χ1v) is 15.0. The van der Waals surface area contributed by atoms with Crippen molar-refractivity contribution in [3.63, 3.8) is 0 Å². The molecule has 1 amide bonds. The van der Waals surface area contributed by atoms with Gasteiger partial charge >= 0.3 is 0 Å². The SMILES string of the molecule is CCC1CC(n2ccc3c(NC(=O)c4ccccc4)ncnc32)C(O[Si](C)(C)C(C)(C)C)C1O. The number of aliphatic hydroxyl groups is 1. The van der Waals surface area contributed by atoms with E-state index in [0.29, 0.717) is 11.4 Å². The molecule has 4 rings (SSSR count). The predicted molar refractivity (Wildman–Crippen MR) is 137 cm³/mol. The van der Waals surface area contributed by atoms with Crippen molar-refractivity contribution in [3.05, 3.63) is 54.5 Å². The first-order valence-electron chi connectivity index (χ1n) is 12.1. The third-order valence-corrected chi connectivity index (χ3v) is 12.1. The van der Waals surface area contributed by atoms with Crippen molar-refractivity contribution >= 4 is 31.1 Å². The fourth-order valence-corrected chi connectivity index (χ4v) is 5.86. The zero-order valence-corrected chi connectivity index (χ0v) is 21.9. The first-order chi connectivity index (χ1) is 16.0. The van der Waals surface area contributed by atoms with Crippen molar-refractivity contribution in [2.45, 2.75) is 76.9 Å². The van der Waals surface area contributed by atoms with E-state index in [0.717, 1.165) is 23.9 Å². The van der Waals surface area contributed by atoms with E-state index in [1.165, 1.54) is 6.33 Å². The minimum absolute atomic E-state index is 0.0391. The van der Waals surface area contributed by atoms with E-state index in [-0.39, 0.29) is 29.0 Å². The number of nitrogens with zero attached hydrogens (tertiary/aromatic N) is 3. The summed E-state index contributed by atoms with van der Waals surface area (Å²) in [6, 6.07) is 11.0. The van der Waals surface area contributed by atoms with Crippen LogP contribution in [0.4, 0.5) is 5.82 Å². The number of anilines is 1. The number of carbonyl (C=O) groups excluding carboxylic acids is 1. The summed E-state index contributed by atoms with van der Waals surface area (Å²) in [4.78, 5) is 21.6. The van der Waals surface area contributed by atoms with Gasteiger partial charge in [0.15, 0.2) is 8.32 Å². The van der Waals surface area contributed by atoms with Gasteiger partial charge < -0.3 is 19.4 Å². The number of amides is 1. The molecule has 2 heterocycles. The fourth-order valence-electron chi connectivity index (χ4n) is 4.53. The molecule has 2 N–H and O–H groups in total. The molecule has 0 aliphatic heterocycles. The number of carbonyl (C=O) groups is 1. The second-order valence-corrected chi connectivity index (χ2v) is 15.6. The number of fused-ring (bicyclic) bond motifs is 1. The van der Waals surface area contributed by atoms with Gasteiger partial charge in [-0.2, -0.15) is 0 Å². The van der Waals surface area contributed by atoms with E-state index in [1.807, 2.05) is 30.5 Å². The normalized spacial score (nSPS) is 23.4. The molecule has 1 saturated carbocycles. The van der Waals surface area contributed by atoms with Crippen molar-refractivity contribution in [1.29, 1.82) is 0 Å². The number of rotatable bonds is 6. The van der Waals surface area contributed by atoms with E-state index in [9.17, 15) is 9.90 Å². The number of aliphatic hydroxyl groups excluding tert-OH is 1. The molecule has 1 fully saturated rings. The Hall–Kier alpha value is -2.55. The lowest BCUT2D eigenvalue weighted by molar-refractivity contribution is 0.0137. The third-order valence-electron chi connectivity index (χ3n) is 7.64. The van der Waals surface area contributed by atoms with Crippen LogP contribution in [0.3, 0.4) is 0 Å². The van der Waals surface area contributed by atoms with Crippen molar-refractivity contribution in [2.75, 3.05) is 5.32 Å². The first kappa shape index (κ1) is 24.6. The average molecular weight is 481 g/mol. The van der Waals surface area contributed by atoms with Crippen LogP contribution in [-0.4, -0.2) is 46.1 Å². The Morgan fingerprint density at radius 2 is 1.91 bits per heavy atom. The van der Waals surface area contributed by atoms with Crippen LogP contribution >= 0.6 is 0 Å². The highest BCUT2D eigenvalue weighted by Gasteiger charge is 2.49. The lowest BCUT2D eigenvalue weighted by atomic mass is 10.0. The third kappa shape index (κ3) is 4.54. The summed E-state index contributed by atoms with van der Waals surface area (Å²) in [5, 5.41) is 14.9. The van der Waals surface area contributed by atoms with Crippen LogP contribution in [0.25, 0.3) is 11.0 Å². The zero-order chi connectivity index (χ0) is 24.7. The van der Waals surface area contributed by atoms with E-state index in [2.05, 4.69) is 60.6 Å². The molecule has 7 nitrogen and oxygen atoms in total. The summed E-state index contributed by atoms with van der Waals surface area (Å²) in [6.45, 7) is 13.2. The topological polar surface area (TPSA) is 89.3 Å². The van der Waals surface area contributed by atoms with Gasteiger partial charge in [-0.25, -0.2) is 9.97 Å². The Labute approximate surface area is 202 Å². The predicted octanol–water partition coefficient (Wildman–Crippen LogP) is 5.41. The van der Waals surface area contributed by atoms with E-state index >= 15 is 0 Å². The highest BCUT2D eigenvalue weighted by molar-refractivity contribution is 6.74. The molecule has 34 heavy (non-hydrogen) atoms. The molecule has 4 unspecified atom stereocenters. The van der Waals surface area contributed by atoms with Gasteiger partial charge in [0.1, 0.15) is 17.8 Å². The van der Waals surface area contributed by atoms with Crippen molar-refractivity contribution in [2.24, 2.45) is 5.92 Å². The van der Waals surface area contributed by atoms with E-state index in [1.54, 1.807) is 12.1 Å². The van der Waals surface area contributed by atoms with E-state index in [4.69, 9.17) is 4.43 Å². The zero-order valence-electron chi connectivity index (χ0n) is 20.9. The quantitative estimate of drug-likeness (QED) is 0.461. The van der Waals surface area contributed by atoms with Crippen LogP contribution in [0.5, 0.6) is 0 Å². The monoisotopic (exact) mass is 480 g/mol. The summed E-state index contributed by atoms with van der Waals surface area (Å²) >= 11 is 0. The van der Waals surface area contributed by atoms with Gasteiger partial charge in [0, 0.05) is 11.8 Å². The highest BCUT2D eigenvalue weighted by atomic mass is 28.4. The Morgan fingerprint density at radius 1 is 1.21 bits per heavy atom. The standard InChI is InChI=1S/C26H36N4O3Si/c1-7-17-15-20(22(21(17)31)33-34(5,6)26(2,3)4)30-14-13-19-23(27-16-28-24(19)30)29-25(32)18-11-9-8-10-12-18/h8-14,16-17,20-22,31H,7,15H2,1-6H3,(H,27,28,29,32). The number of hydrogen-bond donors (Lipinski definition) is 2. The maximum absolute atomic E-state index is 12.7. The number of benzene rings is 1. The van der Waals surface area contributed by atoms with Crippen LogP contribution in [0.1, 0.15) is 56.9 Å². The molecule has 1 aromatic carbocycles. The van der Waals surface area contributed by atoms with Crippen molar-refractivity contribution < 1.29 is 14.3 Å². The lowest BCUT2D eigenvalue weighted by Gasteiger charge is -2.41. The minimum Gasteiger partial charge on any atom is -0.409 e. The number of nitrogens with one attached hydrogen (secondary N) is 1. The molecular weight excluding hydrogens is 444 g/mol. The summed E-state index contributed by atoms with van der Waals surface area (Å²) in [5.74, 6) is 0.427. The molecule has 0 radical (unpaired) electrons. The van der Waals surface area contributed by atoms with Crippen molar-refractivity contribution in [3.8, 4) is 0 Å². The van der Waals surface area contributed by atoms with Crippen molar-refractivity contribution in [1.82, 2.24) is 14.5 Å². The maximum atomic E-state index is 12.7. The second-order valence-electron chi connectivity index (χ2n) is 10.8. The summed E-state index contributed by atoms with van der Waals surface area (Å²) in [7, 11) is -2.11. The summed E-state index contributed by atoms with van der Waals surface area (Å²) in [5.41, 5.74) is 1.30. The number of aromatic nitrogens is 3. The minimum atomic E-state index is -2.11. The number of hydrogen-bond acceptors (Lipinski definition) is 5. The van der Waals surface area contributed by atoms with Gasteiger partial charge in [0.2, 0.25) is 0 Å². The molecular formula is C26H36N4O3Si. The smallest absolute Gasteiger partial charge is 0.256 e. The van der Waals surface area contributed by atoms with Gasteiger partial charge in [-0.05, 0) is 48.7 Å². The molecule has 0 spiro atoms. The second kappa shape index (κ2) is 9.24. The van der Waals surface area contributed by atoms with Crippen LogP contribution in [0, 0.1) is 5.92 Å². The van der Waals surface area contributed by atoms with Crippen LogP contribution in [0.2, 0.25) is 18.1 Å². The maximum Gasteiger partial charge on any atom is 0.256 e. The molecule has 4 atom stereocenters. The molecule has 8 heteroatoms. The highest BCUT2D eigenvalue weighted by Crippen LogP contribution is 2.45. The molecule has 3 aromatic rings. The Kier molecular flexibility index (Phi) is 6.68. The van der Waals surface area contributed by atoms with Gasteiger partial charge in [0.05, 0.1) is 23.6 Å². The Balaban J connectivity index is 1.68. The van der Waals surface area contributed by atoms with Crippen LogP contribution < -0.4 is 5.32 Å². The van der Waals surface area contributed by atoms with Gasteiger partial charge in [-0.1, -0.05) is 52.3 Å². The molecule has 182 valence electrons. The van der Waals surface area contributed by atoms with Gasteiger partial charge in [0.25, 0.3) is 5.91 Å².